The predicted molar refractivity (Wildman–Crippen MR) is 59.4 cm³/mol. The van der Waals surface area contributed by atoms with Crippen LogP contribution >= 0.6 is 15.9 Å². The molecule has 1 aromatic rings. The number of rotatable bonds is 4. The number of carbonyl (C=O) groups is 1. The highest BCUT2D eigenvalue weighted by atomic mass is 79.9. The van der Waals surface area contributed by atoms with Crippen LogP contribution in [0.25, 0.3) is 0 Å². The van der Waals surface area contributed by atoms with E-state index in [9.17, 15) is 4.79 Å². The van der Waals surface area contributed by atoms with Crippen LogP contribution in [0.15, 0.2) is 17.0 Å². The third-order valence-electron chi connectivity index (χ3n) is 1.64. The number of esters is 1. The van der Waals surface area contributed by atoms with Crippen molar-refractivity contribution in [2.24, 2.45) is 0 Å². The molecule has 0 aliphatic rings. The molecule has 0 spiro atoms. The lowest BCUT2D eigenvalue weighted by atomic mass is 10.3. The van der Waals surface area contributed by atoms with Gasteiger partial charge in [0.15, 0.2) is 0 Å². The van der Waals surface area contributed by atoms with Gasteiger partial charge in [0.25, 0.3) is 0 Å². The molecule has 0 aliphatic heterocycles. The van der Waals surface area contributed by atoms with Gasteiger partial charge in [0.1, 0.15) is 22.8 Å². The lowest BCUT2D eigenvalue weighted by Crippen LogP contribution is -2.28. The molecular formula is C9H12BrN3O2. The normalized spacial score (nSPS) is 11.9. The molecule has 0 saturated carbocycles. The Kier molecular flexibility index (Phi) is 4.48. The lowest BCUT2D eigenvalue weighted by Gasteiger charge is -2.12. The van der Waals surface area contributed by atoms with Gasteiger partial charge >= 0.3 is 5.97 Å². The van der Waals surface area contributed by atoms with Crippen molar-refractivity contribution >= 4 is 27.7 Å². The molecule has 0 amide bonds. The number of anilines is 1. The molecule has 1 rings (SSSR count). The highest BCUT2D eigenvalue weighted by molar-refractivity contribution is 9.10. The van der Waals surface area contributed by atoms with Crippen molar-refractivity contribution in [1.29, 1.82) is 0 Å². The number of halogens is 1. The molecule has 1 heterocycles. The second-order valence-electron chi connectivity index (χ2n) is 2.84. The first-order chi connectivity index (χ1) is 7.13. The van der Waals surface area contributed by atoms with Crippen LogP contribution in [0.5, 0.6) is 0 Å². The van der Waals surface area contributed by atoms with Crippen LogP contribution in [0.1, 0.15) is 13.8 Å². The molecule has 0 aromatic carbocycles. The maximum Gasteiger partial charge on any atom is 0.328 e. The van der Waals surface area contributed by atoms with Crippen molar-refractivity contribution in [1.82, 2.24) is 9.97 Å². The van der Waals surface area contributed by atoms with Crippen LogP contribution in [-0.4, -0.2) is 28.6 Å². The van der Waals surface area contributed by atoms with Crippen molar-refractivity contribution in [2.45, 2.75) is 19.9 Å². The quantitative estimate of drug-likeness (QED) is 0.667. The molecule has 1 aromatic heterocycles. The fraction of sp³-hybridized carbons (Fsp3) is 0.444. The third kappa shape index (κ3) is 3.83. The minimum absolute atomic E-state index is 0.299. The smallest absolute Gasteiger partial charge is 0.328 e. The number of hydrogen-bond donors (Lipinski definition) is 1. The summed E-state index contributed by atoms with van der Waals surface area (Å²) in [5.74, 6) is 0.282. The van der Waals surface area contributed by atoms with Crippen molar-refractivity contribution in [2.75, 3.05) is 11.9 Å². The molecule has 1 unspecified atom stereocenters. The van der Waals surface area contributed by atoms with Crippen LogP contribution in [0.3, 0.4) is 0 Å². The number of nitrogens with one attached hydrogen (secondary N) is 1. The topological polar surface area (TPSA) is 64.1 Å². The van der Waals surface area contributed by atoms with Gasteiger partial charge in [0.05, 0.1) is 6.61 Å². The molecule has 0 radical (unpaired) electrons. The Bertz CT molecular complexity index is 346. The van der Waals surface area contributed by atoms with Gasteiger partial charge in [0.2, 0.25) is 0 Å². The second-order valence-corrected chi connectivity index (χ2v) is 3.66. The highest BCUT2D eigenvalue weighted by Crippen LogP contribution is 2.10. The molecule has 0 saturated heterocycles. The Morgan fingerprint density at radius 2 is 2.40 bits per heavy atom. The van der Waals surface area contributed by atoms with E-state index in [1.807, 2.05) is 0 Å². The van der Waals surface area contributed by atoms with Crippen LogP contribution in [0.2, 0.25) is 0 Å². The maximum atomic E-state index is 11.3. The third-order valence-corrected chi connectivity index (χ3v) is 2.07. The minimum atomic E-state index is -0.424. The summed E-state index contributed by atoms with van der Waals surface area (Å²) in [6.07, 6.45) is 1.41. The maximum absolute atomic E-state index is 11.3. The Hall–Kier alpha value is -1.17. The van der Waals surface area contributed by atoms with Crippen molar-refractivity contribution in [3.05, 3.63) is 17.0 Å². The summed E-state index contributed by atoms with van der Waals surface area (Å²) >= 11 is 3.21. The lowest BCUT2D eigenvalue weighted by molar-refractivity contribution is -0.143. The zero-order valence-electron chi connectivity index (χ0n) is 8.53. The van der Waals surface area contributed by atoms with Crippen molar-refractivity contribution in [3.63, 3.8) is 0 Å². The molecular weight excluding hydrogens is 262 g/mol. The zero-order valence-corrected chi connectivity index (χ0v) is 10.1. The van der Waals surface area contributed by atoms with Gasteiger partial charge in [0, 0.05) is 6.07 Å². The largest absolute Gasteiger partial charge is 0.464 e. The number of carbonyl (C=O) groups excluding carboxylic acids is 1. The van der Waals surface area contributed by atoms with Crippen LogP contribution in [-0.2, 0) is 9.53 Å². The molecule has 1 N–H and O–H groups in total. The van der Waals surface area contributed by atoms with Crippen LogP contribution < -0.4 is 5.32 Å². The Morgan fingerprint density at radius 3 is 3.00 bits per heavy atom. The van der Waals surface area contributed by atoms with Crippen LogP contribution in [0, 0.1) is 0 Å². The average molecular weight is 274 g/mol. The molecule has 15 heavy (non-hydrogen) atoms. The zero-order chi connectivity index (χ0) is 11.3. The predicted octanol–water partition coefficient (Wildman–Crippen LogP) is 1.60. The van der Waals surface area contributed by atoms with Gasteiger partial charge in [-0.2, -0.15) is 0 Å². The van der Waals surface area contributed by atoms with E-state index in [0.717, 1.165) is 0 Å². The Labute approximate surface area is 96.4 Å². The standard InChI is InChI=1S/C9H12BrN3O2/c1-3-15-9(14)6(2)13-8-4-7(10)11-5-12-8/h4-6H,3H2,1-2H3,(H,11,12,13). The molecule has 82 valence electrons. The number of nitrogens with zero attached hydrogens (tertiary/aromatic N) is 2. The summed E-state index contributed by atoms with van der Waals surface area (Å²) in [6.45, 7) is 3.86. The van der Waals surface area contributed by atoms with Gasteiger partial charge in [-0.3, -0.25) is 0 Å². The van der Waals surface area contributed by atoms with E-state index in [1.54, 1.807) is 19.9 Å². The van der Waals surface area contributed by atoms with E-state index in [2.05, 4.69) is 31.2 Å². The fourth-order valence-corrected chi connectivity index (χ4v) is 1.27. The fourth-order valence-electron chi connectivity index (χ4n) is 0.961. The second kappa shape index (κ2) is 5.65. The molecule has 0 aliphatic carbocycles. The molecule has 0 fully saturated rings. The summed E-state index contributed by atoms with van der Waals surface area (Å²) in [4.78, 5) is 19.1. The minimum Gasteiger partial charge on any atom is -0.464 e. The Morgan fingerprint density at radius 1 is 1.67 bits per heavy atom. The van der Waals surface area contributed by atoms with E-state index in [-0.39, 0.29) is 5.97 Å². The van der Waals surface area contributed by atoms with Crippen LogP contribution in [0.4, 0.5) is 5.82 Å². The molecule has 0 bridgehead atoms. The van der Waals surface area contributed by atoms with E-state index in [4.69, 9.17) is 4.74 Å². The SMILES string of the molecule is CCOC(=O)C(C)Nc1cc(Br)ncn1. The molecule has 1 atom stereocenters. The first-order valence-corrected chi connectivity index (χ1v) is 5.33. The summed E-state index contributed by atoms with van der Waals surface area (Å²) in [5, 5.41) is 2.91. The van der Waals surface area contributed by atoms with Gasteiger partial charge in [-0.1, -0.05) is 0 Å². The highest BCUT2D eigenvalue weighted by Gasteiger charge is 2.13. The van der Waals surface area contributed by atoms with Gasteiger partial charge < -0.3 is 10.1 Å². The van der Waals surface area contributed by atoms with E-state index in [0.29, 0.717) is 17.0 Å². The van der Waals surface area contributed by atoms with E-state index < -0.39 is 6.04 Å². The first-order valence-electron chi connectivity index (χ1n) is 4.54. The summed E-state index contributed by atoms with van der Waals surface area (Å²) < 4.78 is 5.51. The van der Waals surface area contributed by atoms with Crippen molar-refractivity contribution < 1.29 is 9.53 Å². The number of hydrogen-bond acceptors (Lipinski definition) is 5. The molecule has 6 heteroatoms. The summed E-state index contributed by atoms with van der Waals surface area (Å²) in [5.41, 5.74) is 0. The summed E-state index contributed by atoms with van der Waals surface area (Å²) in [7, 11) is 0. The van der Waals surface area contributed by atoms with E-state index in [1.165, 1.54) is 6.33 Å². The number of ether oxygens (including phenoxy) is 1. The van der Waals surface area contributed by atoms with Gasteiger partial charge in [-0.25, -0.2) is 14.8 Å². The van der Waals surface area contributed by atoms with E-state index >= 15 is 0 Å². The average Bonchev–Trinajstić information content (AvgIpc) is 2.18. The van der Waals surface area contributed by atoms with Crippen molar-refractivity contribution in [3.8, 4) is 0 Å². The molecule has 5 nitrogen and oxygen atoms in total. The van der Waals surface area contributed by atoms with Gasteiger partial charge in [-0.15, -0.1) is 0 Å². The Balaban J connectivity index is 2.58. The monoisotopic (exact) mass is 273 g/mol. The summed E-state index contributed by atoms with van der Waals surface area (Å²) in [6, 6.07) is 1.27. The number of aromatic nitrogens is 2. The van der Waals surface area contributed by atoms with Gasteiger partial charge in [-0.05, 0) is 29.8 Å². The first kappa shape index (κ1) is 11.9.